The number of nitrogens with zero attached hydrogens (tertiary/aromatic N) is 5. The first-order valence-corrected chi connectivity index (χ1v) is 6.46. The summed E-state index contributed by atoms with van der Waals surface area (Å²) in [6.07, 6.45) is 4.95. The molecule has 1 aromatic carbocycles. The quantitative estimate of drug-likeness (QED) is 0.673. The summed E-state index contributed by atoms with van der Waals surface area (Å²) in [5.74, 6) is 0.147. The summed E-state index contributed by atoms with van der Waals surface area (Å²) in [6.45, 7) is 6.95. The van der Waals surface area contributed by atoms with Gasteiger partial charge in [-0.1, -0.05) is 30.3 Å². The maximum atomic E-state index is 8.69. The second-order valence-corrected chi connectivity index (χ2v) is 4.50. The van der Waals surface area contributed by atoms with Gasteiger partial charge in [-0.25, -0.2) is 14.8 Å². The molecular formula is C17H9N5. The van der Waals surface area contributed by atoms with E-state index in [1.165, 1.54) is 0 Å². The molecule has 3 aromatic rings. The molecule has 0 aliphatic rings. The lowest BCUT2D eigenvalue weighted by atomic mass is 10.1. The SMILES string of the molecule is [C-]#[N+]c1ccc(-c2ccc(-c3cnc(C#N)nc3)cn2)cc1. The lowest BCUT2D eigenvalue weighted by Crippen LogP contribution is -1.90. The van der Waals surface area contributed by atoms with Crippen LogP contribution in [0.4, 0.5) is 5.69 Å². The predicted octanol–water partition coefficient (Wildman–Crippen LogP) is 3.63. The molecule has 2 aromatic heterocycles. The largest absolute Gasteiger partial charge is 0.256 e. The third kappa shape index (κ3) is 2.65. The van der Waals surface area contributed by atoms with Gasteiger partial charge in [0, 0.05) is 29.7 Å². The summed E-state index contributed by atoms with van der Waals surface area (Å²) in [4.78, 5) is 15.7. The molecule has 0 saturated carbocycles. The molecule has 0 saturated heterocycles. The summed E-state index contributed by atoms with van der Waals surface area (Å²) in [5.41, 5.74) is 4.08. The van der Waals surface area contributed by atoms with Crippen LogP contribution < -0.4 is 0 Å². The van der Waals surface area contributed by atoms with E-state index in [0.29, 0.717) is 5.69 Å². The third-order valence-electron chi connectivity index (χ3n) is 3.14. The Hall–Kier alpha value is -3.57. The molecule has 0 atom stereocenters. The van der Waals surface area contributed by atoms with Gasteiger partial charge in [0.05, 0.1) is 12.3 Å². The van der Waals surface area contributed by atoms with Crippen LogP contribution >= 0.6 is 0 Å². The van der Waals surface area contributed by atoms with E-state index in [4.69, 9.17) is 11.8 Å². The Morgan fingerprint density at radius 3 is 2.00 bits per heavy atom. The molecule has 102 valence electrons. The molecule has 0 spiro atoms. The average molecular weight is 283 g/mol. The highest BCUT2D eigenvalue weighted by Crippen LogP contribution is 2.23. The predicted molar refractivity (Wildman–Crippen MR) is 81.7 cm³/mol. The molecule has 0 aliphatic heterocycles. The summed E-state index contributed by atoms with van der Waals surface area (Å²) >= 11 is 0. The van der Waals surface area contributed by atoms with Crippen LogP contribution in [0.2, 0.25) is 0 Å². The minimum atomic E-state index is 0.147. The van der Waals surface area contributed by atoms with Crippen molar-refractivity contribution in [1.82, 2.24) is 15.0 Å². The van der Waals surface area contributed by atoms with Crippen LogP contribution in [0.1, 0.15) is 5.82 Å². The van der Waals surface area contributed by atoms with Crippen molar-refractivity contribution in [3.8, 4) is 28.5 Å². The highest BCUT2D eigenvalue weighted by molar-refractivity contribution is 5.67. The van der Waals surface area contributed by atoms with Gasteiger partial charge in [0.1, 0.15) is 6.07 Å². The molecule has 0 bridgehead atoms. The van der Waals surface area contributed by atoms with E-state index in [1.807, 2.05) is 30.3 Å². The average Bonchev–Trinajstić information content (AvgIpc) is 2.62. The summed E-state index contributed by atoms with van der Waals surface area (Å²) in [5, 5.41) is 8.69. The van der Waals surface area contributed by atoms with Gasteiger partial charge in [-0.2, -0.15) is 5.26 Å². The minimum Gasteiger partial charge on any atom is -0.256 e. The van der Waals surface area contributed by atoms with Crippen LogP contribution in [0.3, 0.4) is 0 Å². The van der Waals surface area contributed by atoms with E-state index < -0.39 is 0 Å². The zero-order valence-electron chi connectivity index (χ0n) is 11.4. The van der Waals surface area contributed by atoms with Gasteiger partial charge < -0.3 is 0 Å². The molecule has 0 amide bonds. The Morgan fingerprint density at radius 1 is 0.818 bits per heavy atom. The van der Waals surface area contributed by atoms with Crippen LogP contribution in [0.15, 0.2) is 55.0 Å². The van der Waals surface area contributed by atoms with Crippen molar-refractivity contribution in [3.05, 3.63) is 72.2 Å². The molecule has 0 radical (unpaired) electrons. The molecule has 0 N–H and O–H groups in total. The molecule has 2 heterocycles. The van der Waals surface area contributed by atoms with E-state index >= 15 is 0 Å². The molecule has 0 fully saturated rings. The number of hydrogen-bond donors (Lipinski definition) is 0. The lowest BCUT2D eigenvalue weighted by Gasteiger charge is -2.04. The molecular weight excluding hydrogens is 274 g/mol. The second-order valence-electron chi connectivity index (χ2n) is 4.50. The van der Waals surface area contributed by atoms with Gasteiger partial charge in [-0.15, -0.1) is 0 Å². The first-order chi connectivity index (χ1) is 10.8. The van der Waals surface area contributed by atoms with Gasteiger partial charge >= 0.3 is 0 Å². The van der Waals surface area contributed by atoms with Gasteiger partial charge in [-0.05, 0) is 11.6 Å². The normalized spacial score (nSPS) is 9.73. The fourth-order valence-electron chi connectivity index (χ4n) is 1.98. The van der Waals surface area contributed by atoms with Gasteiger partial charge in [0.2, 0.25) is 5.82 Å². The fourth-order valence-corrected chi connectivity index (χ4v) is 1.98. The minimum absolute atomic E-state index is 0.147. The number of hydrogen-bond acceptors (Lipinski definition) is 4. The van der Waals surface area contributed by atoms with E-state index in [9.17, 15) is 0 Å². The Balaban J connectivity index is 1.88. The maximum absolute atomic E-state index is 8.69. The van der Waals surface area contributed by atoms with Gasteiger partial charge in [0.15, 0.2) is 5.69 Å². The van der Waals surface area contributed by atoms with E-state index in [1.54, 1.807) is 30.7 Å². The molecule has 22 heavy (non-hydrogen) atoms. The topological polar surface area (TPSA) is 66.8 Å². The van der Waals surface area contributed by atoms with Crippen LogP contribution in [0.5, 0.6) is 0 Å². The van der Waals surface area contributed by atoms with E-state index in [0.717, 1.165) is 22.4 Å². The van der Waals surface area contributed by atoms with Crippen LogP contribution in [0, 0.1) is 17.9 Å². The number of nitriles is 1. The molecule has 0 unspecified atom stereocenters. The first-order valence-electron chi connectivity index (χ1n) is 6.46. The van der Waals surface area contributed by atoms with Crippen molar-refractivity contribution >= 4 is 5.69 Å². The Morgan fingerprint density at radius 2 is 1.45 bits per heavy atom. The smallest absolute Gasteiger partial charge is 0.232 e. The van der Waals surface area contributed by atoms with Crippen molar-refractivity contribution in [2.45, 2.75) is 0 Å². The standard InChI is InChI=1S/C17H9N5/c1-19-15-5-2-12(3-6-15)16-7-4-13(9-20-16)14-10-21-17(8-18)22-11-14/h2-7,9-11H. The van der Waals surface area contributed by atoms with E-state index in [-0.39, 0.29) is 5.82 Å². The van der Waals surface area contributed by atoms with E-state index in [2.05, 4.69) is 19.8 Å². The Bertz CT molecular complexity index is 790. The molecule has 5 heteroatoms. The van der Waals surface area contributed by atoms with Crippen molar-refractivity contribution in [1.29, 1.82) is 5.26 Å². The maximum Gasteiger partial charge on any atom is 0.232 e. The summed E-state index contributed by atoms with van der Waals surface area (Å²) in [6, 6.07) is 13.0. The van der Waals surface area contributed by atoms with Crippen molar-refractivity contribution in [2.24, 2.45) is 0 Å². The zero-order chi connectivity index (χ0) is 15.4. The Labute approximate surface area is 127 Å². The number of benzene rings is 1. The second kappa shape index (κ2) is 5.82. The monoisotopic (exact) mass is 283 g/mol. The summed E-state index contributed by atoms with van der Waals surface area (Å²) in [7, 11) is 0. The number of aromatic nitrogens is 3. The van der Waals surface area contributed by atoms with Gasteiger partial charge in [-0.3, -0.25) is 4.98 Å². The van der Waals surface area contributed by atoms with Crippen LogP contribution in [-0.4, -0.2) is 15.0 Å². The van der Waals surface area contributed by atoms with Crippen molar-refractivity contribution in [3.63, 3.8) is 0 Å². The molecule has 0 aliphatic carbocycles. The first kappa shape index (κ1) is 13.4. The molecule has 5 nitrogen and oxygen atoms in total. The van der Waals surface area contributed by atoms with Crippen molar-refractivity contribution < 1.29 is 0 Å². The fraction of sp³-hybridized carbons (Fsp3) is 0. The lowest BCUT2D eigenvalue weighted by molar-refractivity contribution is 1.11. The highest BCUT2D eigenvalue weighted by atomic mass is 14.9. The molecule has 3 rings (SSSR count). The zero-order valence-corrected chi connectivity index (χ0v) is 11.4. The number of pyridine rings is 1. The van der Waals surface area contributed by atoms with Crippen LogP contribution in [0.25, 0.3) is 27.2 Å². The van der Waals surface area contributed by atoms with Crippen LogP contribution in [-0.2, 0) is 0 Å². The van der Waals surface area contributed by atoms with Crippen molar-refractivity contribution in [2.75, 3.05) is 0 Å². The summed E-state index contributed by atoms with van der Waals surface area (Å²) < 4.78 is 0. The Kier molecular flexibility index (Phi) is 3.55. The third-order valence-corrected chi connectivity index (χ3v) is 3.14. The number of rotatable bonds is 2. The van der Waals surface area contributed by atoms with Gasteiger partial charge in [0.25, 0.3) is 0 Å². The highest BCUT2D eigenvalue weighted by Gasteiger charge is 2.03.